The monoisotopic (exact) mass is 279 g/mol. The van der Waals surface area contributed by atoms with Crippen LogP contribution < -0.4 is 0 Å². The lowest BCUT2D eigenvalue weighted by Gasteiger charge is -2.41. The van der Waals surface area contributed by atoms with E-state index in [1.54, 1.807) is 0 Å². The third kappa shape index (κ3) is 4.99. The van der Waals surface area contributed by atoms with Gasteiger partial charge in [0.05, 0.1) is 0 Å². The Morgan fingerprint density at radius 3 is 2.35 bits per heavy atom. The fourth-order valence-electron chi connectivity index (χ4n) is 3.35. The zero-order valence-corrected chi connectivity index (χ0v) is 13.4. The molecule has 3 heteroatoms. The molecule has 0 aromatic heterocycles. The molecule has 0 aromatic rings. The maximum Gasteiger partial charge on any atom is 0.196 e. The third-order valence-corrected chi connectivity index (χ3v) is 4.54. The Kier molecular flexibility index (Phi) is 7.24. The predicted molar refractivity (Wildman–Crippen MR) is 87.3 cm³/mol. The highest BCUT2D eigenvalue weighted by Crippen LogP contribution is 2.15. The van der Waals surface area contributed by atoms with E-state index in [2.05, 4.69) is 16.7 Å². The van der Waals surface area contributed by atoms with Gasteiger partial charge in [0, 0.05) is 32.7 Å². The summed E-state index contributed by atoms with van der Waals surface area (Å²) in [5.74, 6) is 1.31. The lowest BCUT2D eigenvalue weighted by molar-refractivity contribution is 0.241. The molecular formula is C17H33N3. The van der Waals surface area contributed by atoms with E-state index in [0.29, 0.717) is 0 Å². The predicted octanol–water partition coefficient (Wildman–Crippen LogP) is 3.89. The Bertz CT molecular complexity index is 288. The second kappa shape index (κ2) is 9.25. The van der Waals surface area contributed by atoms with Gasteiger partial charge in [-0.1, -0.05) is 51.9 Å². The SMILES string of the molecule is CCCCCCCCCCN1CCCN2CCCN=C12. The van der Waals surface area contributed by atoms with E-state index in [4.69, 9.17) is 4.99 Å². The highest BCUT2D eigenvalue weighted by Gasteiger charge is 2.24. The van der Waals surface area contributed by atoms with Gasteiger partial charge in [-0.25, -0.2) is 0 Å². The highest BCUT2D eigenvalue weighted by atomic mass is 15.4. The minimum Gasteiger partial charge on any atom is -0.343 e. The molecule has 0 aliphatic carbocycles. The summed E-state index contributed by atoms with van der Waals surface area (Å²) in [6, 6.07) is 0. The number of rotatable bonds is 9. The van der Waals surface area contributed by atoms with Gasteiger partial charge in [0.25, 0.3) is 0 Å². The second-order valence-electron chi connectivity index (χ2n) is 6.34. The molecule has 0 aromatic carbocycles. The van der Waals surface area contributed by atoms with Crippen LogP contribution in [0.1, 0.15) is 71.1 Å². The molecule has 2 heterocycles. The van der Waals surface area contributed by atoms with Gasteiger partial charge in [-0.15, -0.1) is 0 Å². The van der Waals surface area contributed by atoms with Crippen LogP contribution in [-0.4, -0.2) is 48.5 Å². The standard InChI is InChI=1S/C17H33N3/c1-2-3-4-5-6-7-8-9-13-19-15-11-16-20-14-10-12-18-17(19)20/h2-16H2,1H3. The fraction of sp³-hybridized carbons (Fsp3) is 0.941. The number of hydrogen-bond donors (Lipinski definition) is 0. The molecular weight excluding hydrogens is 246 g/mol. The van der Waals surface area contributed by atoms with Crippen molar-refractivity contribution in [3.8, 4) is 0 Å². The van der Waals surface area contributed by atoms with Crippen molar-refractivity contribution in [3.05, 3.63) is 0 Å². The summed E-state index contributed by atoms with van der Waals surface area (Å²) in [6.07, 6.45) is 13.8. The van der Waals surface area contributed by atoms with Crippen LogP contribution in [0.15, 0.2) is 4.99 Å². The van der Waals surface area contributed by atoms with Crippen molar-refractivity contribution < 1.29 is 0 Å². The van der Waals surface area contributed by atoms with Gasteiger partial charge in [-0.3, -0.25) is 4.99 Å². The molecule has 1 fully saturated rings. The zero-order chi connectivity index (χ0) is 14.0. The molecule has 0 unspecified atom stereocenters. The molecule has 0 N–H and O–H groups in total. The maximum atomic E-state index is 4.75. The van der Waals surface area contributed by atoms with E-state index >= 15 is 0 Å². The van der Waals surface area contributed by atoms with Crippen molar-refractivity contribution in [2.75, 3.05) is 32.7 Å². The van der Waals surface area contributed by atoms with E-state index in [0.717, 1.165) is 6.54 Å². The molecule has 0 spiro atoms. The van der Waals surface area contributed by atoms with Crippen molar-refractivity contribution in [1.29, 1.82) is 0 Å². The van der Waals surface area contributed by atoms with Crippen molar-refractivity contribution in [3.63, 3.8) is 0 Å². The van der Waals surface area contributed by atoms with Crippen LogP contribution in [0.25, 0.3) is 0 Å². The molecule has 3 nitrogen and oxygen atoms in total. The van der Waals surface area contributed by atoms with Gasteiger partial charge in [0.15, 0.2) is 5.96 Å². The van der Waals surface area contributed by atoms with Crippen LogP contribution in [0, 0.1) is 0 Å². The Labute approximate surface area is 125 Å². The van der Waals surface area contributed by atoms with Gasteiger partial charge in [0.2, 0.25) is 0 Å². The largest absolute Gasteiger partial charge is 0.343 e. The molecule has 2 aliphatic heterocycles. The summed E-state index contributed by atoms with van der Waals surface area (Å²) in [5.41, 5.74) is 0. The minimum absolute atomic E-state index is 1.04. The first-order valence-electron chi connectivity index (χ1n) is 8.96. The molecule has 2 aliphatic rings. The van der Waals surface area contributed by atoms with E-state index in [1.165, 1.54) is 96.3 Å². The normalized spacial score (nSPS) is 18.9. The average molecular weight is 279 g/mol. The number of unbranched alkanes of at least 4 members (excludes halogenated alkanes) is 7. The van der Waals surface area contributed by atoms with Crippen LogP contribution in [0.5, 0.6) is 0 Å². The fourth-order valence-corrected chi connectivity index (χ4v) is 3.35. The summed E-state index contributed by atoms with van der Waals surface area (Å²) >= 11 is 0. The quantitative estimate of drug-likeness (QED) is 0.596. The molecule has 20 heavy (non-hydrogen) atoms. The molecule has 116 valence electrons. The van der Waals surface area contributed by atoms with E-state index < -0.39 is 0 Å². The Morgan fingerprint density at radius 2 is 1.55 bits per heavy atom. The first-order valence-corrected chi connectivity index (χ1v) is 8.96. The number of aliphatic imine (C=N–C) groups is 1. The van der Waals surface area contributed by atoms with Crippen LogP contribution in [0.4, 0.5) is 0 Å². The Balaban J connectivity index is 1.55. The molecule has 0 amide bonds. The topological polar surface area (TPSA) is 18.8 Å². The van der Waals surface area contributed by atoms with Crippen molar-refractivity contribution in [1.82, 2.24) is 9.80 Å². The van der Waals surface area contributed by atoms with Gasteiger partial charge in [0.1, 0.15) is 0 Å². The average Bonchev–Trinajstić information content (AvgIpc) is 2.50. The molecule has 0 radical (unpaired) electrons. The van der Waals surface area contributed by atoms with E-state index in [1.807, 2.05) is 0 Å². The zero-order valence-electron chi connectivity index (χ0n) is 13.4. The van der Waals surface area contributed by atoms with Crippen molar-refractivity contribution >= 4 is 5.96 Å². The highest BCUT2D eigenvalue weighted by molar-refractivity contribution is 5.81. The van der Waals surface area contributed by atoms with Crippen LogP contribution >= 0.6 is 0 Å². The minimum atomic E-state index is 1.04. The van der Waals surface area contributed by atoms with E-state index in [9.17, 15) is 0 Å². The van der Waals surface area contributed by atoms with Crippen LogP contribution in [0.2, 0.25) is 0 Å². The summed E-state index contributed by atoms with van der Waals surface area (Å²) in [7, 11) is 0. The van der Waals surface area contributed by atoms with Crippen LogP contribution in [0.3, 0.4) is 0 Å². The molecule has 0 bridgehead atoms. The first kappa shape index (κ1) is 15.7. The lowest BCUT2D eigenvalue weighted by Crippen LogP contribution is -2.52. The van der Waals surface area contributed by atoms with Gasteiger partial charge in [-0.2, -0.15) is 0 Å². The number of guanidine groups is 1. The number of hydrogen-bond acceptors (Lipinski definition) is 3. The van der Waals surface area contributed by atoms with Crippen LogP contribution in [-0.2, 0) is 0 Å². The number of nitrogens with zero attached hydrogens (tertiary/aromatic N) is 3. The smallest absolute Gasteiger partial charge is 0.196 e. The summed E-state index contributed by atoms with van der Waals surface area (Å²) in [4.78, 5) is 9.79. The molecule has 0 atom stereocenters. The molecule has 0 saturated carbocycles. The summed E-state index contributed by atoms with van der Waals surface area (Å²) in [5, 5.41) is 0. The summed E-state index contributed by atoms with van der Waals surface area (Å²) < 4.78 is 0. The first-order chi connectivity index (χ1) is 9.92. The van der Waals surface area contributed by atoms with Gasteiger partial charge in [-0.05, 0) is 19.3 Å². The van der Waals surface area contributed by atoms with Gasteiger partial charge >= 0.3 is 0 Å². The molecule has 2 rings (SSSR count). The second-order valence-corrected chi connectivity index (χ2v) is 6.34. The number of fused-ring (bicyclic) bond motifs is 1. The van der Waals surface area contributed by atoms with Crippen molar-refractivity contribution in [2.24, 2.45) is 4.99 Å². The van der Waals surface area contributed by atoms with E-state index in [-0.39, 0.29) is 0 Å². The summed E-state index contributed by atoms with van der Waals surface area (Å²) in [6.45, 7) is 8.24. The Hall–Kier alpha value is -0.730. The molecule has 1 saturated heterocycles. The third-order valence-electron chi connectivity index (χ3n) is 4.54. The van der Waals surface area contributed by atoms with Crippen molar-refractivity contribution in [2.45, 2.75) is 71.1 Å². The maximum absolute atomic E-state index is 4.75. The lowest BCUT2D eigenvalue weighted by atomic mass is 10.1. The Morgan fingerprint density at radius 1 is 0.850 bits per heavy atom. The van der Waals surface area contributed by atoms with Gasteiger partial charge < -0.3 is 9.80 Å².